The van der Waals surface area contributed by atoms with Gasteiger partial charge in [-0.15, -0.1) is 0 Å². The van der Waals surface area contributed by atoms with Crippen LogP contribution in [0.4, 0.5) is 4.79 Å². The highest BCUT2D eigenvalue weighted by molar-refractivity contribution is 5.98. The molecule has 2 amide bonds. The molecule has 0 atom stereocenters. The fourth-order valence-electron chi connectivity index (χ4n) is 2.06. The number of ether oxygens (including phenoxy) is 1. The zero-order valence-corrected chi connectivity index (χ0v) is 7.49. The van der Waals surface area contributed by atoms with Crippen LogP contribution in [0.25, 0.3) is 0 Å². The Kier molecular flexibility index (Phi) is 2.20. The molecule has 72 valence electrons. The molecule has 0 aromatic heterocycles. The van der Waals surface area contributed by atoms with Crippen LogP contribution in [0.1, 0.15) is 32.1 Å². The first-order chi connectivity index (χ1) is 6.29. The second kappa shape index (κ2) is 3.36. The molecule has 0 aromatic carbocycles. The monoisotopic (exact) mass is 183 g/mol. The van der Waals surface area contributed by atoms with Crippen molar-refractivity contribution < 1.29 is 14.3 Å². The van der Waals surface area contributed by atoms with Crippen molar-refractivity contribution in [2.45, 2.75) is 38.1 Å². The fourth-order valence-corrected chi connectivity index (χ4v) is 2.06. The molecule has 4 nitrogen and oxygen atoms in total. The van der Waals surface area contributed by atoms with Crippen LogP contribution in [0.5, 0.6) is 0 Å². The number of hydrogen-bond acceptors (Lipinski definition) is 3. The molecule has 0 N–H and O–H groups in total. The van der Waals surface area contributed by atoms with E-state index in [-0.39, 0.29) is 18.6 Å². The van der Waals surface area contributed by atoms with Gasteiger partial charge < -0.3 is 4.74 Å². The van der Waals surface area contributed by atoms with Crippen molar-refractivity contribution in [1.29, 1.82) is 0 Å². The Labute approximate surface area is 76.8 Å². The van der Waals surface area contributed by atoms with Crippen molar-refractivity contribution in [3.63, 3.8) is 0 Å². The molecule has 2 rings (SSSR count). The number of amides is 2. The Hall–Kier alpha value is -1.06. The van der Waals surface area contributed by atoms with E-state index in [9.17, 15) is 9.59 Å². The van der Waals surface area contributed by atoms with Crippen molar-refractivity contribution >= 4 is 12.0 Å². The Balaban J connectivity index is 2.05. The van der Waals surface area contributed by atoms with Crippen LogP contribution in [-0.2, 0) is 9.53 Å². The van der Waals surface area contributed by atoms with E-state index in [1.54, 1.807) is 0 Å². The first-order valence-electron chi connectivity index (χ1n) is 4.78. The molecule has 0 spiro atoms. The average Bonchev–Trinajstić information content (AvgIpc) is 2.48. The van der Waals surface area contributed by atoms with Crippen molar-refractivity contribution in [3.05, 3.63) is 0 Å². The van der Waals surface area contributed by atoms with Gasteiger partial charge in [0.25, 0.3) is 5.91 Å². The van der Waals surface area contributed by atoms with Crippen molar-refractivity contribution in [1.82, 2.24) is 4.90 Å². The second-order valence-corrected chi connectivity index (χ2v) is 3.61. The summed E-state index contributed by atoms with van der Waals surface area (Å²) in [4.78, 5) is 23.7. The van der Waals surface area contributed by atoms with Gasteiger partial charge in [-0.3, -0.25) is 4.79 Å². The van der Waals surface area contributed by atoms with Crippen molar-refractivity contribution in [2.75, 3.05) is 6.61 Å². The predicted octanol–water partition coefficient (Wildman–Crippen LogP) is 1.30. The van der Waals surface area contributed by atoms with Crippen LogP contribution >= 0.6 is 0 Å². The molecule has 2 aliphatic rings. The number of carbonyl (C=O) groups excluding carboxylic acids is 2. The third-order valence-electron chi connectivity index (χ3n) is 2.72. The van der Waals surface area contributed by atoms with Crippen LogP contribution in [0, 0.1) is 0 Å². The number of carbonyl (C=O) groups is 2. The van der Waals surface area contributed by atoms with E-state index in [0.29, 0.717) is 0 Å². The molecule has 0 aromatic rings. The van der Waals surface area contributed by atoms with Crippen LogP contribution in [0.15, 0.2) is 0 Å². The summed E-state index contributed by atoms with van der Waals surface area (Å²) in [7, 11) is 0. The lowest BCUT2D eigenvalue weighted by Crippen LogP contribution is -2.40. The summed E-state index contributed by atoms with van der Waals surface area (Å²) < 4.78 is 4.67. The second-order valence-electron chi connectivity index (χ2n) is 3.61. The minimum absolute atomic E-state index is 0.0602. The standard InChI is InChI=1S/C9H13NO3/c11-8-6-13-9(12)10(8)7-4-2-1-3-5-7/h7H,1-6H2. The molecule has 0 radical (unpaired) electrons. The molecule has 1 saturated heterocycles. The number of hydrogen-bond donors (Lipinski definition) is 0. The topological polar surface area (TPSA) is 46.6 Å². The maximum absolute atomic E-state index is 11.3. The summed E-state index contributed by atoms with van der Waals surface area (Å²) >= 11 is 0. The van der Waals surface area contributed by atoms with Gasteiger partial charge in [0, 0.05) is 6.04 Å². The van der Waals surface area contributed by atoms with Crippen LogP contribution < -0.4 is 0 Å². The van der Waals surface area contributed by atoms with Crippen LogP contribution in [0.2, 0.25) is 0 Å². The Morgan fingerprint density at radius 1 is 1.15 bits per heavy atom. The fraction of sp³-hybridized carbons (Fsp3) is 0.778. The molecule has 0 bridgehead atoms. The summed E-state index contributed by atoms with van der Waals surface area (Å²) in [5, 5.41) is 0. The highest BCUT2D eigenvalue weighted by Crippen LogP contribution is 2.25. The van der Waals surface area contributed by atoms with Crippen LogP contribution in [-0.4, -0.2) is 29.5 Å². The maximum Gasteiger partial charge on any atom is 0.417 e. The van der Waals surface area contributed by atoms with Crippen LogP contribution in [0.3, 0.4) is 0 Å². The van der Waals surface area contributed by atoms with E-state index in [4.69, 9.17) is 0 Å². The van der Waals surface area contributed by atoms with Gasteiger partial charge in [-0.2, -0.15) is 0 Å². The summed E-state index contributed by atoms with van der Waals surface area (Å²) in [5.41, 5.74) is 0. The number of nitrogens with zero attached hydrogens (tertiary/aromatic N) is 1. The Bertz CT molecular complexity index is 217. The quantitative estimate of drug-likeness (QED) is 0.615. The lowest BCUT2D eigenvalue weighted by Gasteiger charge is -2.27. The minimum Gasteiger partial charge on any atom is -0.439 e. The van der Waals surface area contributed by atoms with Gasteiger partial charge in [-0.25, -0.2) is 9.69 Å². The van der Waals surface area contributed by atoms with Gasteiger partial charge in [0.05, 0.1) is 0 Å². The molecule has 13 heavy (non-hydrogen) atoms. The van der Waals surface area contributed by atoms with Gasteiger partial charge in [-0.1, -0.05) is 19.3 Å². The van der Waals surface area contributed by atoms with E-state index >= 15 is 0 Å². The van der Waals surface area contributed by atoms with E-state index < -0.39 is 6.09 Å². The Morgan fingerprint density at radius 2 is 1.85 bits per heavy atom. The molecule has 4 heteroatoms. The van der Waals surface area contributed by atoms with Gasteiger partial charge in [0.15, 0.2) is 6.61 Å². The summed E-state index contributed by atoms with van der Waals surface area (Å²) in [6.07, 6.45) is 4.88. The molecule has 1 aliphatic heterocycles. The molecule has 2 fully saturated rings. The lowest BCUT2D eigenvalue weighted by atomic mass is 9.94. The highest BCUT2D eigenvalue weighted by Gasteiger charge is 2.37. The van der Waals surface area contributed by atoms with Crippen molar-refractivity contribution in [3.8, 4) is 0 Å². The number of imide groups is 1. The highest BCUT2D eigenvalue weighted by atomic mass is 16.6. The van der Waals surface area contributed by atoms with Gasteiger partial charge in [0.2, 0.25) is 0 Å². The smallest absolute Gasteiger partial charge is 0.417 e. The average molecular weight is 183 g/mol. The first kappa shape index (κ1) is 8.53. The molecule has 1 aliphatic carbocycles. The summed E-state index contributed by atoms with van der Waals surface area (Å²) in [6.45, 7) is -0.0602. The molecular formula is C9H13NO3. The normalized spacial score (nSPS) is 25.1. The summed E-state index contributed by atoms with van der Waals surface area (Å²) in [5.74, 6) is -0.170. The maximum atomic E-state index is 11.3. The lowest BCUT2D eigenvalue weighted by molar-refractivity contribution is -0.127. The third kappa shape index (κ3) is 1.53. The van der Waals surface area contributed by atoms with Crippen molar-refractivity contribution in [2.24, 2.45) is 0 Å². The van der Waals surface area contributed by atoms with E-state index in [0.717, 1.165) is 25.7 Å². The Morgan fingerprint density at radius 3 is 2.38 bits per heavy atom. The van der Waals surface area contributed by atoms with Gasteiger partial charge >= 0.3 is 6.09 Å². The summed E-state index contributed by atoms with van der Waals surface area (Å²) in [6, 6.07) is 0.108. The van der Waals surface area contributed by atoms with E-state index in [1.165, 1.54) is 11.3 Å². The SMILES string of the molecule is O=C1COC(=O)N1C1CCCCC1. The predicted molar refractivity (Wildman–Crippen MR) is 45.1 cm³/mol. The molecule has 1 saturated carbocycles. The number of rotatable bonds is 1. The van der Waals surface area contributed by atoms with Gasteiger partial charge in [-0.05, 0) is 12.8 Å². The van der Waals surface area contributed by atoms with E-state index in [2.05, 4.69) is 4.74 Å². The molecule has 0 unspecified atom stereocenters. The zero-order chi connectivity index (χ0) is 9.26. The van der Waals surface area contributed by atoms with Gasteiger partial charge in [0.1, 0.15) is 0 Å². The zero-order valence-electron chi connectivity index (χ0n) is 7.49. The first-order valence-corrected chi connectivity index (χ1v) is 4.78. The molecular weight excluding hydrogens is 170 g/mol. The molecule has 1 heterocycles. The van der Waals surface area contributed by atoms with E-state index in [1.807, 2.05) is 0 Å². The minimum atomic E-state index is -0.447. The largest absolute Gasteiger partial charge is 0.439 e. The third-order valence-corrected chi connectivity index (χ3v) is 2.72. The number of cyclic esters (lactones) is 1.